The molecule has 0 unspecified atom stereocenters. The van der Waals surface area contributed by atoms with Gasteiger partial charge in [0.15, 0.2) is 5.78 Å². The number of hydrogen-bond donors (Lipinski definition) is 3. The SMILES string of the molecule is C=C/C=C\C=C(/N)COc1ccc(OCC)c(CC(=O)N[C@H](C(=O)NCC(=O)CSCc2c(F)cccc2Cl)C(C)C)c1. The molecule has 0 heterocycles. The van der Waals surface area contributed by atoms with Crippen molar-refractivity contribution >= 4 is 41.0 Å². The van der Waals surface area contributed by atoms with E-state index in [1.54, 1.807) is 62.4 Å². The number of Topliss-reactive ketones (excluding diaryl/α,β-unsaturated/α-hetero) is 1. The van der Waals surface area contributed by atoms with Crippen LogP contribution >= 0.6 is 23.4 Å². The van der Waals surface area contributed by atoms with Crippen LogP contribution < -0.4 is 25.8 Å². The van der Waals surface area contributed by atoms with Crippen LogP contribution in [0.1, 0.15) is 31.9 Å². The molecule has 2 aromatic carbocycles. The number of allylic oxidation sites excluding steroid dienone is 4. The smallest absolute Gasteiger partial charge is 0.243 e. The number of nitrogens with one attached hydrogen (secondary N) is 2. The Bertz CT molecular complexity index is 1310. The summed E-state index contributed by atoms with van der Waals surface area (Å²) in [5.41, 5.74) is 7.37. The first-order valence-electron chi connectivity index (χ1n) is 13.8. The van der Waals surface area contributed by atoms with Gasteiger partial charge in [-0.05, 0) is 49.2 Å². The number of benzene rings is 2. The van der Waals surface area contributed by atoms with Gasteiger partial charge in [0.2, 0.25) is 11.8 Å². The van der Waals surface area contributed by atoms with Gasteiger partial charge in [-0.3, -0.25) is 14.4 Å². The summed E-state index contributed by atoms with van der Waals surface area (Å²) in [4.78, 5) is 38.3. The van der Waals surface area contributed by atoms with Gasteiger partial charge in [0, 0.05) is 27.6 Å². The summed E-state index contributed by atoms with van der Waals surface area (Å²) in [5.74, 6) is -0.489. The number of carbonyl (C=O) groups is 3. The Kier molecular flexibility index (Phi) is 15.4. The fraction of sp³-hybridized carbons (Fsp3) is 0.344. The van der Waals surface area contributed by atoms with Gasteiger partial charge in [-0.2, -0.15) is 0 Å². The van der Waals surface area contributed by atoms with Crippen LogP contribution in [0.3, 0.4) is 0 Å². The topological polar surface area (TPSA) is 120 Å². The third kappa shape index (κ3) is 12.6. The maximum absolute atomic E-state index is 13.9. The molecular formula is C32H39ClFN3O5S. The molecule has 2 amide bonds. The van der Waals surface area contributed by atoms with Crippen LogP contribution in [0.2, 0.25) is 5.02 Å². The standard InChI is InChI=1S/C32H39ClFN3O5S/c1-5-7-8-10-23(35)18-42-25-13-14-29(41-6-2)22(15-25)16-30(39)37-31(21(3)4)32(40)36-17-24(38)19-43-20-26-27(33)11-9-12-28(26)34/h5,7-15,21,31H,1,6,16-20,35H2,2-4H3,(H,36,40)(H,37,39)/b8-7-,23-10-/t31-/m0/s1. The lowest BCUT2D eigenvalue weighted by molar-refractivity contribution is -0.130. The van der Waals surface area contributed by atoms with E-state index in [2.05, 4.69) is 17.2 Å². The molecule has 0 aliphatic heterocycles. The molecule has 4 N–H and O–H groups in total. The van der Waals surface area contributed by atoms with Crippen molar-refractivity contribution in [1.82, 2.24) is 10.6 Å². The summed E-state index contributed by atoms with van der Waals surface area (Å²) in [6.07, 6.45) is 6.77. The second-order valence-electron chi connectivity index (χ2n) is 9.77. The Morgan fingerprint density at radius 1 is 1.16 bits per heavy atom. The molecule has 1 atom stereocenters. The molecule has 8 nitrogen and oxygen atoms in total. The first kappa shape index (κ1) is 35.4. The molecule has 0 aliphatic carbocycles. The number of hydrogen-bond acceptors (Lipinski definition) is 7. The summed E-state index contributed by atoms with van der Waals surface area (Å²) < 4.78 is 25.4. The molecule has 2 aromatic rings. The van der Waals surface area contributed by atoms with Crippen LogP contribution in [0.15, 0.2) is 73.0 Å². The highest BCUT2D eigenvalue weighted by Crippen LogP contribution is 2.26. The van der Waals surface area contributed by atoms with Crippen molar-refractivity contribution in [3.8, 4) is 11.5 Å². The highest BCUT2D eigenvalue weighted by atomic mass is 35.5. The average Bonchev–Trinajstić information content (AvgIpc) is 2.96. The third-order valence-corrected chi connectivity index (χ3v) is 7.32. The quantitative estimate of drug-likeness (QED) is 0.195. The predicted octanol–water partition coefficient (Wildman–Crippen LogP) is 5.14. The Balaban J connectivity index is 1.95. The maximum Gasteiger partial charge on any atom is 0.243 e. The average molecular weight is 632 g/mol. The zero-order chi connectivity index (χ0) is 31.8. The van der Waals surface area contributed by atoms with E-state index in [1.807, 2.05) is 6.92 Å². The van der Waals surface area contributed by atoms with Gasteiger partial charge in [-0.25, -0.2) is 4.39 Å². The summed E-state index contributed by atoms with van der Waals surface area (Å²) in [5, 5.41) is 5.67. The van der Waals surface area contributed by atoms with Crippen molar-refractivity contribution in [3.63, 3.8) is 0 Å². The summed E-state index contributed by atoms with van der Waals surface area (Å²) in [6, 6.07) is 8.69. The van der Waals surface area contributed by atoms with Crippen molar-refractivity contribution in [2.45, 2.75) is 39.0 Å². The van der Waals surface area contributed by atoms with Gasteiger partial charge in [0.1, 0.15) is 30.0 Å². The monoisotopic (exact) mass is 631 g/mol. The van der Waals surface area contributed by atoms with E-state index in [4.69, 9.17) is 26.8 Å². The van der Waals surface area contributed by atoms with E-state index in [0.29, 0.717) is 40.0 Å². The van der Waals surface area contributed by atoms with E-state index in [1.165, 1.54) is 23.9 Å². The Labute approximate surface area is 261 Å². The van der Waals surface area contributed by atoms with Gasteiger partial charge in [0.25, 0.3) is 0 Å². The molecule has 11 heteroatoms. The van der Waals surface area contributed by atoms with E-state index in [9.17, 15) is 18.8 Å². The fourth-order valence-corrected chi connectivity index (χ4v) is 5.01. The van der Waals surface area contributed by atoms with Crippen molar-refractivity contribution in [3.05, 3.63) is 94.9 Å². The van der Waals surface area contributed by atoms with Crippen LogP contribution in [0, 0.1) is 11.7 Å². The first-order chi connectivity index (χ1) is 20.5. The molecule has 0 saturated carbocycles. The van der Waals surface area contributed by atoms with E-state index in [-0.39, 0.29) is 42.8 Å². The number of amides is 2. The number of nitrogens with two attached hydrogens (primary N) is 1. The number of ether oxygens (including phenoxy) is 2. The Morgan fingerprint density at radius 2 is 1.93 bits per heavy atom. The molecule has 0 spiro atoms. The minimum Gasteiger partial charge on any atom is -0.494 e. The molecule has 0 bridgehead atoms. The van der Waals surface area contributed by atoms with Crippen LogP contribution in [0.4, 0.5) is 4.39 Å². The Hall–Kier alpha value is -3.76. The lowest BCUT2D eigenvalue weighted by Crippen LogP contribution is -2.51. The molecular weight excluding hydrogens is 593 g/mol. The molecule has 2 rings (SSSR count). The van der Waals surface area contributed by atoms with Crippen LogP contribution in [0.5, 0.6) is 11.5 Å². The number of thioether (sulfide) groups is 1. The van der Waals surface area contributed by atoms with E-state index >= 15 is 0 Å². The zero-order valence-corrected chi connectivity index (χ0v) is 26.2. The summed E-state index contributed by atoms with van der Waals surface area (Å²) >= 11 is 7.23. The highest BCUT2D eigenvalue weighted by molar-refractivity contribution is 7.99. The largest absolute Gasteiger partial charge is 0.494 e. The number of rotatable bonds is 18. The van der Waals surface area contributed by atoms with Crippen LogP contribution in [-0.4, -0.2) is 49.2 Å². The zero-order valence-electron chi connectivity index (χ0n) is 24.7. The molecule has 0 fully saturated rings. The van der Waals surface area contributed by atoms with Crippen LogP contribution in [-0.2, 0) is 26.6 Å². The van der Waals surface area contributed by atoms with Gasteiger partial charge in [-0.15, -0.1) is 11.8 Å². The van der Waals surface area contributed by atoms with Gasteiger partial charge in [0.05, 0.1) is 25.3 Å². The minimum absolute atomic E-state index is 0.0647. The summed E-state index contributed by atoms with van der Waals surface area (Å²) in [7, 11) is 0. The number of carbonyl (C=O) groups excluding carboxylic acids is 3. The van der Waals surface area contributed by atoms with E-state index in [0.717, 1.165) is 0 Å². The maximum atomic E-state index is 13.9. The fourth-order valence-electron chi connectivity index (χ4n) is 3.77. The number of halogens is 2. The van der Waals surface area contributed by atoms with Crippen molar-refractivity contribution in [2.24, 2.45) is 11.7 Å². The van der Waals surface area contributed by atoms with Crippen molar-refractivity contribution in [1.29, 1.82) is 0 Å². The highest BCUT2D eigenvalue weighted by Gasteiger charge is 2.25. The second-order valence-corrected chi connectivity index (χ2v) is 11.2. The van der Waals surface area contributed by atoms with Crippen molar-refractivity contribution < 1.29 is 28.2 Å². The lowest BCUT2D eigenvalue weighted by Gasteiger charge is -2.22. The molecule has 232 valence electrons. The molecule has 0 radical (unpaired) electrons. The van der Waals surface area contributed by atoms with E-state index < -0.39 is 23.7 Å². The summed E-state index contributed by atoms with van der Waals surface area (Å²) in [6.45, 7) is 9.35. The van der Waals surface area contributed by atoms with Gasteiger partial charge in [-0.1, -0.05) is 56.3 Å². The molecule has 0 aromatic heterocycles. The third-order valence-electron chi connectivity index (χ3n) is 5.94. The second kappa shape index (κ2) is 18.7. The molecule has 0 aliphatic rings. The number of ketones is 1. The van der Waals surface area contributed by atoms with Crippen molar-refractivity contribution in [2.75, 3.05) is 25.5 Å². The molecule has 43 heavy (non-hydrogen) atoms. The van der Waals surface area contributed by atoms with Gasteiger partial charge >= 0.3 is 0 Å². The predicted molar refractivity (Wildman–Crippen MR) is 171 cm³/mol. The van der Waals surface area contributed by atoms with Gasteiger partial charge < -0.3 is 25.8 Å². The first-order valence-corrected chi connectivity index (χ1v) is 15.3. The minimum atomic E-state index is -0.867. The lowest BCUT2D eigenvalue weighted by atomic mass is 10.0. The Morgan fingerprint density at radius 3 is 2.60 bits per heavy atom. The normalized spacial score (nSPS) is 12.2. The molecule has 0 saturated heterocycles. The van der Waals surface area contributed by atoms with Crippen LogP contribution in [0.25, 0.3) is 0 Å².